The molecule has 0 bridgehead atoms. The third-order valence-electron chi connectivity index (χ3n) is 1.43. The van der Waals surface area contributed by atoms with E-state index >= 15 is 0 Å². The van der Waals surface area contributed by atoms with Crippen LogP contribution in [0.15, 0.2) is 23.7 Å². The Hall–Kier alpha value is -0.380. The summed E-state index contributed by atoms with van der Waals surface area (Å²) in [5.74, 6) is 0. The highest BCUT2D eigenvalue weighted by Gasteiger charge is 2.01. The second kappa shape index (κ2) is 3.56. The van der Waals surface area contributed by atoms with Crippen LogP contribution in [-0.4, -0.2) is 4.98 Å². The molecule has 0 aliphatic carbocycles. The molecule has 0 atom stereocenters. The van der Waals surface area contributed by atoms with Gasteiger partial charge < -0.3 is 0 Å². The molecule has 0 N–H and O–H groups in total. The molecule has 1 nitrogen and oxygen atoms in total. The zero-order valence-electron chi connectivity index (χ0n) is 6.16. The van der Waals surface area contributed by atoms with Gasteiger partial charge in [0.05, 0.1) is 11.2 Å². The van der Waals surface area contributed by atoms with Crippen molar-refractivity contribution in [3.05, 3.63) is 37.9 Å². The molecule has 2 aromatic rings. The van der Waals surface area contributed by atoms with Crippen molar-refractivity contribution >= 4 is 34.3 Å². The first-order valence-corrected chi connectivity index (χ1v) is 5.54. The van der Waals surface area contributed by atoms with Crippen molar-refractivity contribution in [3.63, 3.8) is 0 Å². The van der Waals surface area contributed by atoms with E-state index in [9.17, 15) is 0 Å². The number of hydrogen-bond acceptors (Lipinski definition) is 3. The van der Waals surface area contributed by atoms with Crippen LogP contribution in [0.25, 0.3) is 0 Å². The topological polar surface area (TPSA) is 12.9 Å². The molecule has 0 saturated carbocycles. The van der Waals surface area contributed by atoms with Crippen LogP contribution >= 0.6 is 34.3 Å². The average Bonchev–Trinajstić information content (AvgIpc) is 2.63. The standard InChI is InChI=1S/C8H6ClNS2/c9-7-5-10-8(12-7)4-6-2-1-3-11-6/h1-3,5H,4H2. The van der Waals surface area contributed by atoms with E-state index in [2.05, 4.69) is 22.5 Å². The summed E-state index contributed by atoms with van der Waals surface area (Å²) in [6.45, 7) is 0. The van der Waals surface area contributed by atoms with Gasteiger partial charge in [0.25, 0.3) is 0 Å². The summed E-state index contributed by atoms with van der Waals surface area (Å²) in [5.41, 5.74) is 0. The molecular formula is C8H6ClNS2. The molecule has 2 aromatic heterocycles. The Bertz CT molecular complexity index is 353. The highest BCUT2D eigenvalue weighted by molar-refractivity contribution is 7.16. The van der Waals surface area contributed by atoms with E-state index in [0.717, 1.165) is 15.8 Å². The van der Waals surface area contributed by atoms with Crippen LogP contribution in [-0.2, 0) is 6.42 Å². The number of hydrogen-bond donors (Lipinski definition) is 0. The molecule has 0 spiro atoms. The molecular weight excluding hydrogens is 210 g/mol. The molecule has 2 rings (SSSR count). The molecule has 0 saturated heterocycles. The number of aromatic nitrogens is 1. The molecule has 0 aliphatic rings. The summed E-state index contributed by atoms with van der Waals surface area (Å²) in [6, 6.07) is 4.16. The lowest BCUT2D eigenvalue weighted by atomic mass is 10.4. The number of rotatable bonds is 2. The summed E-state index contributed by atoms with van der Waals surface area (Å²) in [6.07, 6.45) is 2.62. The molecule has 4 heteroatoms. The van der Waals surface area contributed by atoms with Crippen LogP contribution in [0.3, 0.4) is 0 Å². The van der Waals surface area contributed by atoms with Gasteiger partial charge in [-0.15, -0.1) is 22.7 Å². The first kappa shape index (κ1) is 8.23. The van der Waals surface area contributed by atoms with E-state index < -0.39 is 0 Å². The lowest BCUT2D eigenvalue weighted by Gasteiger charge is -1.88. The minimum Gasteiger partial charge on any atom is -0.248 e. The molecule has 0 fully saturated rings. The van der Waals surface area contributed by atoms with E-state index in [0.29, 0.717) is 0 Å². The maximum Gasteiger partial charge on any atom is 0.113 e. The van der Waals surface area contributed by atoms with Gasteiger partial charge in [-0.3, -0.25) is 0 Å². The Kier molecular flexibility index (Phi) is 2.44. The van der Waals surface area contributed by atoms with Gasteiger partial charge in [0.2, 0.25) is 0 Å². The van der Waals surface area contributed by atoms with E-state index in [1.807, 2.05) is 0 Å². The van der Waals surface area contributed by atoms with Gasteiger partial charge in [0, 0.05) is 11.3 Å². The van der Waals surface area contributed by atoms with Gasteiger partial charge in [-0.1, -0.05) is 17.7 Å². The molecule has 0 amide bonds. The number of nitrogens with zero attached hydrogens (tertiary/aromatic N) is 1. The highest BCUT2D eigenvalue weighted by atomic mass is 35.5. The lowest BCUT2D eigenvalue weighted by molar-refractivity contribution is 1.17. The fraction of sp³-hybridized carbons (Fsp3) is 0.125. The molecule has 0 unspecified atom stereocenters. The van der Waals surface area contributed by atoms with Gasteiger partial charge in [-0.2, -0.15) is 0 Å². The van der Waals surface area contributed by atoms with Gasteiger partial charge in [0.1, 0.15) is 4.34 Å². The zero-order chi connectivity index (χ0) is 8.39. The Morgan fingerprint density at radius 3 is 3.00 bits per heavy atom. The lowest BCUT2D eigenvalue weighted by Crippen LogP contribution is -1.80. The summed E-state index contributed by atoms with van der Waals surface area (Å²) < 4.78 is 0.765. The third-order valence-corrected chi connectivity index (χ3v) is 3.42. The van der Waals surface area contributed by atoms with E-state index in [4.69, 9.17) is 11.6 Å². The van der Waals surface area contributed by atoms with Crippen LogP contribution in [0.4, 0.5) is 0 Å². The van der Waals surface area contributed by atoms with Crippen molar-refractivity contribution in [2.45, 2.75) is 6.42 Å². The van der Waals surface area contributed by atoms with Gasteiger partial charge >= 0.3 is 0 Å². The van der Waals surface area contributed by atoms with Gasteiger partial charge in [0.15, 0.2) is 0 Å². The van der Waals surface area contributed by atoms with Crippen LogP contribution in [0.2, 0.25) is 4.34 Å². The van der Waals surface area contributed by atoms with Crippen molar-refractivity contribution < 1.29 is 0 Å². The van der Waals surface area contributed by atoms with Crippen molar-refractivity contribution in [2.24, 2.45) is 0 Å². The van der Waals surface area contributed by atoms with Crippen LogP contribution in [0.5, 0.6) is 0 Å². The second-order valence-electron chi connectivity index (χ2n) is 2.31. The summed E-state index contributed by atoms with van der Waals surface area (Å²) >= 11 is 9.06. The summed E-state index contributed by atoms with van der Waals surface area (Å²) in [4.78, 5) is 5.52. The van der Waals surface area contributed by atoms with Crippen molar-refractivity contribution in [3.8, 4) is 0 Å². The Morgan fingerprint density at radius 1 is 1.50 bits per heavy atom. The predicted octanol–water partition coefficient (Wildman–Crippen LogP) is 3.45. The third kappa shape index (κ3) is 1.86. The van der Waals surface area contributed by atoms with Crippen molar-refractivity contribution in [1.82, 2.24) is 4.98 Å². The molecule has 2 heterocycles. The van der Waals surface area contributed by atoms with E-state index in [1.165, 1.54) is 4.88 Å². The predicted molar refractivity (Wildman–Crippen MR) is 54.2 cm³/mol. The molecule has 0 aromatic carbocycles. The zero-order valence-corrected chi connectivity index (χ0v) is 8.55. The second-order valence-corrected chi connectivity index (χ2v) is 5.09. The minimum atomic E-state index is 0.765. The van der Waals surface area contributed by atoms with Crippen LogP contribution < -0.4 is 0 Å². The smallest absolute Gasteiger partial charge is 0.113 e. The maximum atomic E-state index is 5.76. The fourth-order valence-electron chi connectivity index (χ4n) is 0.932. The quantitative estimate of drug-likeness (QED) is 0.748. The van der Waals surface area contributed by atoms with Crippen molar-refractivity contribution in [2.75, 3.05) is 0 Å². The highest BCUT2D eigenvalue weighted by Crippen LogP contribution is 2.22. The normalized spacial score (nSPS) is 10.4. The Labute approximate surface area is 83.7 Å². The fourth-order valence-corrected chi connectivity index (χ4v) is 2.71. The SMILES string of the molecule is Clc1cnc(Cc2cccs2)s1. The summed E-state index contributed by atoms with van der Waals surface area (Å²) in [5, 5.41) is 3.16. The molecule has 12 heavy (non-hydrogen) atoms. The van der Waals surface area contributed by atoms with E-state index in [1.54, 1.807) is 28.9 Å². The van der Waals surface area contributed by atoms with Crippen molar-refractivity contribution in [1.29, 1.82) is 0 Å². The van der Waals surface area contributed by atoms with Gasteiger partial charge in [-0.05, 0) is 11.4 Å². The number of thiazole rings is 1. The monoisotopic (exact) mass is 215 g/mol. The molecule has 0 radical (unpaired) electrons. The Morgan fingerprint density at radius 2 is 2.42 bits per heavy atom. The molecule has 62 valence electrons. The largest absolute Gasteiger partial charge is 0.248 e. The minimum absolute atomic E-state index is 0.765. The van der Waals surface area contributed by atoms with Crippen LogP contribution in [0.1, 0.15) is 9.88 Å². The first-order valence-electron chi connectivity index (χ1n) is 3.47. The summed E-state index contributed by atoms with van der Waals surface area (Å²) in [7, 11) is 0. The maximum absolute atomic E-state index is 5.76. The number of halogens is 1. The van der Waals surface area contributed by atoms with Gasteiger partial charge in [-0.25, -0.2) is 4.98 Å². The average molecular weight is 216 g/mol. The first-order chi connectivity index (χ1) is 5.84. The van der Waals surface area contributed by atoms with Crippen LogP contribution in [0, 0.1) is 0 Å². The van der Waals surface area contributed by atoms with E-state index in [-0.39, 0.29) is 0 Å². The molecule has 0 aliphatic heterocycles. The number of thiophene rings is 1. The Balaban J connectivity index is 2.14.